The Hall–Kier alpha value is -3.90. The highest BCUT2D eigenvalue weighted by Gasteiger charge is 2.62. The van der Waals surface area contributed by atoms with Crippen LogP contribution in [0.3, 0.4) is 0 Å². The normalized spacial score (nSPS) is 20.1. The van der Waals surface area contributed by atoms with Gasteiger partial charge in [-0.2, -0.15) is 4.31 Å². The van der Waals surface area contributed by atoms with Gasteiger partial charge >= 0.3 is 12.2 Å². The van der Waals surface area contributed by atoms with Crippen LogP contribution in [0.25, 0.3) is 10.8 Å². The fraction of sp³-hybridized carbons (Fsp3) is 0.452. The molecule has 2 aliphatic carbocycles. The largest absolute Gasteiger partial charge is 0.510 e. The molecule has 1 amide bonds. The van der Waals surface area contributed by atoms with Crippen molar-refractivity contribution >= 4 is 33.0 Å². The zero-order valence-corrected chi connectivity index (χ0v) is 24.6. The van der Waals surface area contributed by atoms with Gasteiger partial charge in [0.1, 0.15) is 12.7 Å². The second kappa shape index (κ2) is 12.0. The molecule has 1 aromatic heterocycles. The van der Waals surface area contributed by atoms with E-state index in [4.69, 9.17) is 14.2 Å². The predicted octanol–water partition coefficient (Wildman–Crippen LogP) is 4.67. The summed E-state index contributed by atoms with van der Waals surface area (Å²) in [6.07, 6.45) is 6.24. The third-order valence-electron chi connectivity index (χ3n) is 8.72. The summed E-state index contributed by atoms with van der Waals surface area (Å²) in [6, 6.07) is 15.1. The molecule has 1 unspecified atom stereocenters. The number of hydrogen-bond acceptors (Lipinski definition) is 8. The molecule has 3 aliphatic rings. The summed E-state index contributed by atoms with van der Waals surface area (Å²) in [5, 5.41) is 3.36. The van der Waals surface area contributed by atoms with Crippen LogP contribution in [-0.4, -0.2) is 53.8 Å². The van der Waals surface area contributed by atoms with Crippen molar-refractivity contribution < 1.29 is 32.2 Å². The summed E-state index contributed by atoms with van der Waals surface area (Å²) in [7, 11) is -4.02. The first-order chi connectivity index (χ1) is 20.8. The van der Waals surface area contributed by atoms with Gasteiger partial charge in [0.25, 0.3) is 5.56 Å². The number of fused-ring (bicyclic) bond motifs is 1. The minimum Gasteiger partial charge on any atom is -0.445 e. The monoisotopic (exact) mass is 609 g/mol. The predicted molar refractivity (Wildman–Crippen MR) is 157 cm³/mol. The average Bonchev–Trinajstić information content (AvgIpc) is 3.73. The maximum atomic E-state index is 14.0. The fourth-order valence-corrected chi connectivity index (χ4v) is 8.40. The van der Waals surface area contributed by atoms with Crippen LogP contribution in [0, 0.1) is 0 Å². The van der Waals surface area contributed by atoms with E-state index >= 15 is 0 Å². The second-order valence-corrected chi connectivity index (χ2v) is 13.3. The average molecular weight is 610 g/mol. The Labute approximate surface area is 249 Å². The molecule has 3 aromatic rings. The van der Waals surface area contributed by atoms with Gasteiger partial charge in [0.05, 0.1) is 16.5 Å². The van der Waals surface area contributed by atoms with E-state index in [0.29, 0.717) is 19.3 Å². The summed E-state index contributed by atoms with van der Waals surface area (Å²) in [4.78, 5) is 38.0. The van der Waals surface area contributed by atoms with Crippen molar-refractivity contribution in [2.75, 3.05) is 6.54 Å². The number of carbonyl (C=O) groups is 2. The van der Waals surface area contributed by atoms with Crippen LogP contribution in [0.1, 0.15) is 56.9 Å². The van der Waals surface area contributed by atoms with Gasteiger partial charge < -0.3 is 19.5 Å². The molecule has 0 radical (unpaired) electrons. The number of rotatable bonds is 8. The van der Waals surface area contributed by atoms with Crippen LogP contribution < -0.4 is 10.9 Å². The molecule has 2 heterocycles. The molecule has 2 aromatic carbocycles. The first-order valence-corrected chi connectivity index (χ1v) is 16.2. The number of pyridine rings is 1. The molecule has 1 N–H and O–H groups in total. The lowest BCUT2D eigenvalue weighted by atomic mass is 9.98. The Bertz CT molecular complexity index is 1660. The topological polar surface area (TPSA) is 133 Å². The number of amides is 1. The number of ether oxygens (including phenoxy) is 3. The molecule has 228 valence electrons. The van der Waals surface area contributed by atoms with E-state index in [9.17, 15) is 22.8 Å². The van der Waals surface area contributed by atoms with Crippen molar-refractivity contribution in [3.8, 4) is 0 Å². The van der Waals surface area contributed by atoms with Gasteiger partial charge in [0.2, 0.25) is 10.0 Å². The Balaban J connectivity index is 1.15. The highest BCUT2D eigenvalue weighted by atomic mass is 32.2. The Morgan fingerprint density at radius 1 is 0.907 bits per heavy atom. The smallest absolute Gasteiger partial charge is 0.445 e. The van der Waals surface area contributed by atoms with E-state index in [1.165, 1.54) is 27.2 Å². The van der Waals surface area contributed by atoms with E-state index < -0.39 is 33.4 Å². The number of benzene rings is 2. The molecule has 1 atom stereocenters. The lowest BCUT2D eigenvalue weighted by Crippen LogP contribution is -2.48. The van der Waals surface area contributed by atoms with Gasteiger partial charge in [-0.15, -0.1) is 0 Å². The highest BCUT2D eigenvalue weighted by Crippen LogP contribution is 2.52. The number of carbonyl (C=O) groups excluding carboxylic acids is 2. The van der Waals surface area contributed by atoms with Crippen molar-refractivity contribution in [2.24, 2.45) is 0 Å². The molecule has 1 spiro atoms. The van der Waals surface area contributed by atoms with Crippen molar-refractivity contribution in [1.82, 2.24) is 14.2 Å². The number of nitrogens with one attached hydrogen (secondary N) is 1. The Kier molecular flexibility index (Phi) is 8.15. The van der Waals surface area contributed by atoms with Gasteiger partial charge in [-0.05, 0) is 68.7 Å². The van der Waals surface area contributed by atoms with Crippen LogP contribution in [0.5, 0.6) is 0 Å². The summed E-state index contributed by atoms with van der Waals surface area (Å²) < 4.78 is 46.7. The van der Waals surface area contributed by atoms with E-state index in [2.05, 4.69) is 5.32 Å². The zero-order chi connectivity index (χ0) is 30.0. The minimum atomic E-state index is -4.02. The van der Waals surface area contributed by atoms with Crippen LogP contribution in [0.2, 0.25) is 0 Å². The molecular formula is C31H35N3O8S. The minimum absolute atomic E-state index is 0.0189. The molecule has 1 saturated heterocycles. The summed E-state index contributed by atoms with van der Waals surface area (Å²) >= 11 is 0. The zero-order valence-electron chi connectivity index (χ0n) is 23.8. The molecule has 11 nitrogen and oxygen atoms in total. The molecule has 12 heteroatoms. The third kappa shape index (κ3) is 5.98. The lowest BCUT2D eigenvalue weighted by Gasteiger charge is -2.28. The first kappa shape index (κ1) is 29.2. The number of nitrogens with zero attached hydrogens (tertiary/aromatic N) is 2. The van der Waals surface area contributed by atoms with Crippen molar-refractivity contribution in [3.63, 3.8) is 0 Å². The van der Waals surface area contributed by atoms with Gasteiger partial charge in [-0.25, -0.2) is 18.0 Å². The van der Waals surface area contributed by atoms with E-state index in [0.717, 1.165) is 37.7 Å². The van der Waals surface area contributed by atoms with Crippen molar-refractivity contribution in [3.05, 3.63) is 76.7 Å². The molecule has 43 heavy (non-hydrogen) atoms. The number of sulfonamides is 1. The molecular weight excluding hydrogens is 574 g/mol. The highest BCUT2D eigenvalue weighted by molar-refractivity contribution is 7.89. The van der Waals surface area contributed by atoms with Crippen LogP contribution in [-0.2, 0) is 37.6 Å². The van der Waals surface area contributed by atoms with Crippen LogP contribution in [0.4, 0.5) is 9.59 Å². The number of aromatic nitrogens is 1. The van der Waals surface area contributed by atoms with Crippen molar-refractivity contribution in [2.45, 2.75) is 87.3 Å². The quantitative estimate of drug-likeness (QED) is 0.365. The molecule has 0 bridgehead atoms. The molecule has 3 fully saturated rings. The summed E-state index contributed by atoms with van der Waals surface area (Å²) in [5.41, 5.74) is -0.354. The van der Waals surface area contributed by atoms with E-state index in [1.54, 1.807) is 12.1 Å². The number of alkyl carbamates (subject to hydrolysis) is 1. The molecule has 6 rings (SSSR count). The first-order valence-electron chi connectivity index (χ1n) is 14.7. The molecule has 1 aliphatic heterocycles. The second-order valence-electron chi connectivity index (χ2n) is 11.4. The standard InChI is InChI=1S/C31H35N3O8S/c35-28-25-12-7-13-26(24(25)14-18-33(28)21-41-30(37)42-23-10-5-2-6-11-23)43(38,39)34-19-15-27(31(34)16-17-31)32-29(36)40-20-22-8-3-1-4-9-22/h1,3-4,7-9,12-14,18,23,27H,2,5-6,10-11,15-17,19-21H2,(H,32,36). The summed E-state index contributed by atoms with van der Waals surface area (Å²) in [5.74, 6) is 0. The van der Waals surface area contributed by atoms with Gasteiger partial charge in [0, 0.05) is 23.5 Å². The van der Waals surface area contributed by atoms with Gasteiger partial charge in [-0.1, -0.05) is 42.8 Å². The molecule has 2 saturated carbocycles. The third-order valence-corrected chi connectivity index (χ3v) is 10.8. The van der Waals surface area contributed by atoms with Gasteiger partial charge in [-0.3, -0.25) is 9.36 Å². The SMILES string of the molecule is O=C(NC1CCN(S(=O)(=O)c2cccc3c(=O)n(COC(=O)OC4CCCCC4)ccc23)C12CC2)OCc1ccccc1. The van der Waals surface area contributed by atoms with E-state index in [-0.39, 0.29) is 47.7 Å². The summed E-state index contributed by atoms with van der Waals surface area (Å²) in [6.45, 7) is 0.00527. The van der Waals surface area contributed by atoms with Gasteiger partial charge in [0.15, 0.2) is 6.73 Å². The van der Waals surface area contributed by atoms with Crippen LogP contribution in [0.15, 0.2) is 70.5 Å². The maximum absolute atomic E-state index is 14.0. The lowest BCUT2D eigenvalue weighted by molar-refractivity contribution is -0.00413. The van der Waals surface area contributed by atoms with Crippen LogP contribution >= 0.6 is 0 Å². The van der Waals surface area contributed by atoms with E-state index in [1.807, 2.05) is 30.3 Å². The number of hydrogen-bond donors (Lipinski definition) is 1. The Morgan fingerprint density at radius 3 is 2.42 bits per heavy atom. The van der Waals surface area contributed by atoms with Crippen molar-refractivity contribution in [1.29, 1.82) is 0 Å². The maximum Gasteiger partial charge on any atom is 0.510 e. The fourth-order valence-electron chi connectivity index (χ4n) is 6.32. The Morgan fingerprint density at radius 2 is 1.67 bits per heavy atom.